The summed E-state index contributed by atoms with van der Waals surface area (Å²) in [4.78, 5) is 3.90. The van der Waals surface area contributed by atoms with Gasteiger partial charge in [0.1, 0.15) is 10.6 Å². The molecular weight excluding hydrogens is 292 g/mol. The molecule has 0 aliphatic rings. The minimum atomic E-state index is -3.79. The molecule has 0 amide bonds. The van der Waals surface area contributed by atoms with Gasteiger partial charge in [-0.25, -0.2) is 19.2 Å². The van der Waals surface area contributed by atoms with Crippen LogP contribution in [0.2, 0.25) is 0 Å². The van der Waals surface area contributed by atoms with Crippen molar-refractivity contribution in [1.82, 2.24) is 4.98 Å². The van der Waals surface area contributed by atoms with E-state index in [0.29, 0.717) is 11.4 Å². The van der Waals surface area contributed by atoms with Crippen molar-refractivity contribution in [2.45, 2.75) is 4.90 Å². The largest absolute Gasteiger partial charge is 0.497 e. The van der Waals surface area contributed by atoms with Gasteiger partial charge in [-0.15, -0.1) is 0 Å². The van der Waals surface area contributed by atoms with Gasteiger partial charge in [0.2, 0.25) is 0 Å². The van der Waals surface area contributed by atoms with Crippen molar-refractivity contribution in [1.29, 1.82) is 0 Å². The summed E-state index contributed by atoms with van der Waals surface area (Å²) in [6.07, 6.45) is 1.46. The second-order valence-corrected chi connectivity index (χ2v) is 6.11. The fourth-order valence-corrected chi connectivity index (χ4v) is 3.09. The number of nitrogens with zero attached hydrogens (tertiary/aromatic N) is 2. The molecule has 0 fully saturated rings. The summed E-state index contributed by atoms with van der Waals surface area (Å²) in [7, 11) is -0.812. The number of hydrogen-bond donors (Lipinski definition) is 2. The number of methoxy groups -OCH3 is 1. The molecule has 7 nitrogen and oxygen atoms in total. The number of benzene rings is 1. The summed E-state index contributed by atoms with van der Waals surface area (Å²) in [6.45, 7) is 0. The summed E-state index contributed by atoms with van der Waals surface area (Å²) < 4.78 is 31.6. The zero-order valence-electron chi connectivity index (χ0n) is 11.6. The van der Waals surface area contributed by atoms with Gasteiger partial charge in [0, 0.05) is 19.3 Å². The van der Waals surface area contributed by atoms with E-state index >= 15 is 0 Å². The van der Waals surface area contributed by atoms with Gasteiger partial charge in [-0.05, 0) is 24.3 Å². The zero-order chi connectivity index (χ0) is 15.5. The molecule has 1 aromatic heterocycles. The molecule has 1 aromatic carbocycles. The average Bonchev–Trinajstić information content (AvgIpc) is 2.54. The van der Waals surface area contributed by atoms with Crippen LogP contribution in [0.3, 0.4) is 0 Å². The molecule has 0 atom stereocenters. The maximum absolute atomic E-state index is 12.7. The Balaban J connectivity index is 2.47. The van der Waals surface area contributed by atoms with E-state index in [2.05, 4.69) is 10.4 Å². The van der Waals surface area contributed by atoms with Crippen LogP contribution in [0.5, 0.6) is 5.75 Å². The SMILES string of the molecule is COc1cccc(N(C)S(=O)(=O)c2cccnc2NN)c1. The van der Waals surface area contributed by atoms with Gasteiger partial charge in [-0.1, -0.05) is 6.07 Å². The number of nitrogens with two attached hydrogens (primary N) is 1. The molecule has 0 spiro atoms. The van der Waals surface area contributed by atoms with Crippen LogP contribution in [0.15, 0.2) is 47.5 Å². The van der Waals surface area contributed by atoms with Gasteiger partial charge in [-0.2, -0.15) is 0 Å². The minimum Gasteiger partial charge on any atom is -0.497 e. The fraction of sp³-hybridized carbons (Fsp3) is 0.154. The third-order valence-electron chi connectivity index (χ3n) is 2.96. The van der Waals surface area contributed by atoms with E-state index in [-0.39, 0.29) is 10.7 Å². The van der Waals surface area contributed by atoms with Gasteiger partial charge in [-0.3, -0.25) is 4.31 Å². The predicted molar refractivity (Wildman–Crippen MR) is 80.6 cm³/mol. The molecule has 0 bridgehead atoms. The van der Waals surface area contributed by atoms with Gasteiger partial charge >= 0.3 is 0 Å². The third kappa shape index (κ3) is 2.91. The Morgan fingerprint density at radius 3 is 2.71 bits per heavy atom. The van der Waals surface area contributed by atoms with Gasteiger partial charge in [0.15, 0.2) is 5.82 Å². The summed E-state index contributed by atoms with van der Waals surface area (Å²) in [5, 5.41) is 0. The van der Waals surface area contributed by atoms with E-state index in [4.69, 9.17) is 10.6 Å². The zero-order valence-corrected chi connectivity index (χ0v) is 12.5. The van der Waals surface area contributed by atoms with E-state index < -0.39 is 10.0 Å². The highest BCUT2D eigenvalue weighted by molar-refractivity contribution is 7.93. The van der Waals surface area contributed by atoms with Crippen molar-refractivity contribution in [3.8, 4) is 5.75 Å². The lowest BCUT2D eigenvalue weighted by Gasteiger charge is -2.21. The number of pyridine rings is 1. The van der Waals surface area contributed by atoms with Crippen LogP contribution in [-0.2, 0) is 10.0 Å². The van der Waals surface area contributed by atoms with E-state index in [1.54, 1.807) is 24.3 Å². The van der Waals surface area contributed by atoms with Crippen LogP contribution in [0.4, 0.5) is 11.5 Å². The van der Waals surface area contributed by atoms with Crippen molar-refractivity contribution in [2.24, 2.45) is 5.84 Å². The number of sulfonamides is 1. The number of ether oxygens (including phenoxy) is 1. The number of anilines is 2. The highest BCUT2D eigenvalue weighted by Crippen LogP contribution is 2.27. The number of hydrogen-bond acceptors (Lipinski definition) is 6. The smallest absolute Gasteiger partial charge is 0.267 e. The standard InChI is InChI=1S/C13H16N4O3S/c1-17(10-5-3-6-11(9-10)20-2)21(18,19)12-7-4-8-15-13(12)16-14/h3-9H,14H2,1-2H3,(H,15,16). The minimum absolute atomic E-state index is 0.00202. The Kier molecular flexibility index (Phi) is 4.29. The van der Waals surface area contributed by atoms with E-state index in [1.807, 2.05) is 0 Å². The summed E-state index contributed by atoms with van der Waals surface area (Å²) in [5.74, 6) is 5.97. The van der Waals surface area contributed by atoms with Gasteiger partial charge in [0.25, 0.3) is 10.0 Å². The van der Waals surface area contributed by atoms with Crippen LogP contribution < -0.4 is 20.3 Å². The Bertz CT molecular complexity index is 734. The normalized spacial score (nSPS) is 11.0. The Morgan fingerprint density at radius 2 is 2.05 bits per heavy atom. The molecule has 8 heteroatoms. The number of nitrogens with one attached hydrogen (secondary N) is 1. The molecule has 2 aromatic rings. The summed E-state index contributed by atoms with van der Waals surface area (Å²) >= 11 is 0. The molecule has 1 heterocycles. The molecule has 0 aliphatic carbocycles. The predicted octanol–water partition coefficient (Wildman–Crippen LogP) is 1.20. The highest BCUT2D eigenvalue weighted by atomic mass is 32.2. The molecular formula is C13H16N4O3S. The Morgan fingerprint density at radius 1 is 1.29 bits per heavy atom. The third-order valence-corrected chi connectivity index (χ3v) is 4.78. The van der Waals surface area contributed by atoms with E-state index in [0.717, 1.165) is 4.31 Å². The Hall–Kier alpha value is -2.32. The first-order chi connectivity index (χ1) is 10.0. The number of hydrazine groups is 1. The lowest BCUT2D eigenvalue weighted by molar-refractivity contribution is 0.415. The molecule has 0 aliphatic heterocycles. The fourth-order valence-electron chi connectivity index (χ4n) is 1.80. The van der Waals surface area contributed by atoms with Crippen molar-refractivity contribution in [3.05, 3.63) is 42.6 Å². The number of nitrogen functional groups attached to an aromatic ring is 1. The monoisotopic (exact) mass is 308 g/mol. The van der Waals surface area contributed by atoms with Crippen molar-refractivity contribution in [3.63, 3.8) is 0 Å². The molecule has 112 valence electrons. The molecule has 0 unspecified atom stereocenters. The van der Waals surface area contributed by atoms with Crippen LogP contribution in [0.25, 0.3) is 0 Å². The molecule has 21 heavy (non-hydrogen) atoms. The first kappa shape index (κ1) is 15.1. The lowest BCUT2D eigenvalue weighted by Crippen LogP contribution is -2.28. The molecule has 0 saturated heterocycles. The van der Waals surface area contributed by atoms with Crippen LogP contribution >= 0.6 is 0 Å². The average molecular weight is 308 g/mol. The van der Waals surface area contributed by atoms with Crippen LogP contribution in [0.1, 0.15) is 0 Å². The second kappa shape index (κ2) is 5.98. The van der Waals surface area contributed by atoms with E-state index in [1.165, 1.54) is 32.5 Å². The maximum Gasteiger partial charge on any atom is 0.267 e. The second-order valence-electron chi connectivity index (χ2n) is 4.17. The summed E-state index contributed by atoms with van der Waals surface area (Å²) in [5.41, 5.74) is 2.76. The van der Waals surface area contributed by atoms with Crippen molar-refractivity contribution >= 4 is 21.5 Å². The van der Waals surface area contributed by atoms with E-state index in [9.17, 15) is 8.42 Å². The first-order valence-electron chi connectivity index (χ1n) is 6.05. The van der Waals surface area contributed by atoms with Crippen molar-refractivity contribution < 1.29 is 13.2 Å². The first-order valence-corrected chi connectivity index (χ1v) is 7.49. The maximum atomic E-state index is 12.7. The highest BCUT2D eigenvalue weighted by Gasteiger charge is 2.25. The lowest BCUT2D eigenvalue weighted by atomic mass is 10.3. The number of aromatic nitrogens is 1. The van der Waals surface area contributed by atoms with Crippen LogP contribution in [0, 0.1) is 0 Å². The molecule has 2 rings (SSSR count). The summed E-state index contributed by atoms with van der Waals surface area (Å²) in [6, 6.07) is 9.73. The molecule has 3 N–H and O–H groups in total. The molecule has 0 saturated carbocycles. The Labute approximate surface area is 123 Å². The van der Waals surface area contributed by atoms with Gasteiger partial charge < -0.3 is 10.2 Å². The van der Waals surface area contributed by atoms with Gasteiger partial charge in [0.05, 0.1) is 12.8 Å². The topological polar surface area (TPSA) is 97.5 Å². The van der Waals surface area contributed by atoms with Crippen molar-refractivity contribution in [2.75, 3.05) is 23.9 Å². The molecule has 0 radical (unpaired) electrons. The number of rotatable bonds is 5. The quantitative estimate of drug-likeness (QED) is 0.636. The van der Waals surface area contributed by atoms with Crippen LogP contribution in [-0.4, -0.2) is 27.6 Å².